The Morgan fingerprint density at radius 3 is 1.43 bits per heavy atom. The predicted octanol–water partition coefficient (Wildman–Crippen LogP) is -9.07. The molecule has 5 aliphatic carbocycles. The molecule has 13 rings (SSSR count). The normalized spacial score (nSPS) is 55.0. The first-order valence-electron chi connectivity index (χ1n) is 41.2. The maximum absolute atomic E-state index is 15.5. The summed E-state index contributed by atoms with van der Waals surface area (Å²) in [7, 11) is 0. The molecule has 0 aromatic heterocycles. The lowest BCUT2D eigenvalue weighted by Crippen LogP contribution is -2.68. The molecule has 8 aliphatic heterocycles. The molecule has 118 heavy (non-hydrogen) atoms. The molecule has 24 N–H and O–H groups in total. The monoisotopic (exact) mass is 1710 g/mol. The second kappa shape index (κ2) is 36.1. The molecule has 0 bridgehead atoms. The zero-order valence-electron chi connectivity index (χ0n) is 67.1. The standard InChI is InChI=1S/C77H126O41/c1-27-40(83)46(89)52(95)64(105-27)114-59-33(22-80)109-63(56(99)50(59)93)103-24-35-44(87)49(92)55(98)68(111-35)118-71(102)77-17-15-72(3,4)19-30(77)29-9-10-38-73(5)13-12-39(74(6,26-82)37(73)11-14-76(38,8)75(29,7)16-18-77)113-70-62(45(88)36(25-104-70)112-65-53(96)47(90)42(85)31(20-78)107-65)117-69-58(101)61(41(84)28(2)106-69)116-67-57(100)51(94)60(34(23-81)110-67)115-66-54(97)48(91)43(86)32(21-79)108-66/h9,27-28,30-70,78-101H,10-26H2,1-8H3. The van der Waals surface area contributed by atoms with Gasteiger partial charge in [0.15, 0.2) is 44.0 Å². The molecule has 41 nitrogen and oxygen atoms in total. The van der Waals surface area contributed by atoms with Crippen LogP contribution >= 0.6 is 0 Å². The summed E-state index contributed by atoms with van der Waals surface area (Å²) in [5, 5.41) is 264. The first-order chi connectivity index (χ1) is 55.5. The third kappa shape index (κ3) is 16.5. The Morgan fingerprint density at radius 1 is 0.407 bits per heavy atom. The minimum Gasteiger partial charge on any atom is -0.432 e. The van der Waals surface area contributed by atoms with Crippen LogP contribution in [0.5, 0.6) is 0 Å². The number of hydrogen-bond donors (Lipinski definition) is 24. The van der Waals surface area contributed by atoms with Crippen molar-refractivity contribution in [1.29, 1.82) is 0 Å². The van der Waals surface area contributed by atoms with Crippen molar-refractivity contribution >= 4 is 5.97 Å². The van der Waals surface area contributed by atoms with Crippen LogP contribution in [0.4, 0.5) is 0 Å². The topological polar surface area (TPSA) is 650 Å². The zero-order chi connectivity index (χ0) is 86.0. The molecule has 8 heterocycles. The molecule has 4 saturated carbocycles. The van der Waals surface area contributed by atoms with Gasteiger partial charge in [-0.3, -0.25) is 4.79 Å². The van der Waals surface area contributed by atoms with Gasteiger partial charge in [-0.15, -0.1) is 0 Å². The number of aliphatic hydroxyl groups is 24. The summed E-state index contributed by atoms with van der Waals surface area (Å²) in [5.74, 6) is -1.43. The molecule has 0 aromatic carbocycles. The van der Waals surface area contributed by atoms with Gasteiger partial charge < -0.3 is 198 Å². The Morgan fingerprint density at radius 2 is 0.864 bits per heavy atom. The van der Waals surface area contributed by atoms with E-state index in [0.29, 0.717) is 57.8 Å². The molecule has 12 fully saturated rings. The molecule has 0 aromatic rings. The highest BCUT2D eigenvalue weighted by Crippen LogP contribution is 2.76. The van der Waals surface area contributed by atoms with Gasteiger partial charge in [-0.2, -0.15) is 0 Å². The van der Waals surface area contributed by atoms with Crippen molar-refractivity contribution < 1.29 is 203 Å². The van der Waals surface area contributed by atoms with E-state index in [0.717, 1.165) is 5.57 Å². The summed E-state index contributed by atoms with van der Waals surface area (Å²) in [6.07, 6.45) is -62.8. The minimum absolute atomic E-state index is 0.0494. The highest BCUT2D eigenvalue weighted by atomic mass is 16.8. The molecule has 48 atom stereocenters. The fourth-order valence-corrected chi connectivity index (χ4v) is 21.9. The number of ether oxygens (including phenoxy) is 16. The van der Waals surface area contributed by atoms with Crippen molar-refractivity contribution in [3.8, 4) is 0 Å². The van der Waals surface area contributed by atoms with Gasteiger partial charge >= 0.3 is 5.97 Å². The molecule has 41 heteroatoms. The highest BCUT2D eigenvalue weighted by Gasteiger charge is 2.72. The van der Waals surface area contributed by atoms with Crippen LogP contribution in [0.1, 0.15) is 120 Å². The molecule has 48 unspecified atom stereocenters. The smallest absolute Gasteiger partial charge is 0.315 e. The van der Waals surface area contributed by atoms with Crippen molar-refractivity contribution in [3.63, 3.8) is 0 Å². The van der Waals surface area contributed by atoms with E-state index in [1.807, 2.05) is 6.92 Å². The van der Waals surface area contributed by atoms with E-state index in [1.54, 1.807) is 0 Å². The number of allylic oxidation sites excluding steroid dienone is 2. The fourth-order valence-electron chi connectivity index (χ4n) is 21.9. The summed E-state index contributed by atoms with van der Waals surface area (Å²) in [6, 6.07) is 0. The van der Waals surface area contributed by atoms with Gasteiger partial charge in [0.1, 0.15) is 177 Å². The fraction of sp³-hybridized carbons (Fsp3) is 0.961. The van der Waals surface area contributed by atoms with Gasteiger partial charge in [-0.1, -0.05) is 53.2 Å². The molecular weight excluding hydrogens is 1580 g/mol. The SMILES string of the molecule is CC1OC(OC2C(CO)OC(OCC3OC(OC(=O)C45CCC(C)(C)CC4C4=CCC6C7(C)CCC(OC8OCC(OC9OC(CO)C(O)C(O)C9O)C(O)C8OC8OC(C)C(O)C(OC9OC(CO)C(OC%10OC(CO)C(O)C(O)C%10O)C(O)C9O)C8O)C(C)(CO)C7CCC6(C)C4(C)CC5)C(O)C(O)C3O)C(O)C2O)C(O)C(O)C1O. The van der Waals surface area contributed by atoms with Gasteiger partial charge in [0.2, 0.25) is 6.29 Å². The Labute approximate surface area is 680 Å². The molecule has 0 spiro atoms. The van der Waals surface area contributed by atoms with Crippen LogP contribution in [0.3, 0.4) is 0 Å². The van der Waals surface area contributed by atoms with Gasteiger partial charge in [-0.25, -0.2) is 0 Å². The number of rotatable bonds is 22. The first kappa shape index (κ1) is 93.3. The quantitative estimate of drug-likeness (QED) is 0.0272. The van der Waals surface area contributed by atoms with Crippen molar-refractivity contribution in [1.82, 2.24) is 0 Å². The number of fused-ring (bicyclic) bond motifs is 7. The molecule has 0 amide bonds. The third-order valence-corrected chi connectivity index (χ3v) is 29.6. The van der Waals surface area contributed by atoms with Crippen LogP contribution in [0.25, 0.3) is 0 Å². The van der Waals surface area contributed by atoms with Crippen molar-refractivity contribution in [2.45, 2.75) is 365 Å². The largest absolute Gasteiger partial charge is 0.432 e. The maximum atomic E-state index is 15.5. The Kier molecular flexibility index (Phi) is 28.5. The lowest BCUT2D eigenvalue weighted by molar-refractivity contribution is -0.396. The molecule has 8 saturated heterocycles. The third-order valence-electron chi connectivity index (χ3n) is 29.6. The van der Waals surface area contributed by atoms with E-state index in [9.17, 15) is 123 Å². The predicted molar refractivity (Wildman–Crippen MR) is 386 cm³/mol. The maximum Gasteiger partial charge on any atom is 0.315 e. The van der Waals surface area contributed by atoms with Gasteiger partial charge in [0.25, 0.3) is 0 Å². The van der Waals surface area contributed by atoms with Crippen molar-refractivity contribution in [3.05, 3.63) is 11.6 Å². The van der Waals surface area contributed by atoms with Gasteiger partial charge in [0, 0.05) is 5.41 Å². The first-order valence-corrected chi connectivity index (χ1v) is 41.2. The van der Waals surface area contributed by atoms with Crippen LogP contribution in [0.2, 0.25) is 0 Å². The summed E-state index contributed by atoms with van der Waals surface area (Å²) >= 11 is 0. The Bertz CT molecular complexity index is 3360. The van der Waals surface area contributed by atoms with E-state index in [-0.39, 0.29) is 23.7 Å². The van der Waals surface area contributed by atoms with Crippen LogP contribution in [0, 0.1) is 50.2 Å². The second-order valence-electron chi connectivity index (χ2n) is 36.9. The Hall–Kier alpha value is -2.35. The van der Waals surface area contributed by atoms with Crippen LogP contribution in [0.15, 0.2) is 11.6 Å². The van der Waals surface area contributed by atoms with Crippen LogP contribution in [-0.4, -0.2) is 420 Å². The summed E-state index contributed by atoms with van der Waals surface area (Å²) in [4.78, 5) is 15.5. The second-order valence-corrected chi connectivity index (χ2v) is 36.9. The van der Waals surface area contributed by atoms with Crippen molar-refractivity contribution in [2.75, 3.05) is 46.2 Å². The van der Waals surface area contributed by atoms with E-state index < -0.39 is 331 Å². The summed E-state index contributed by atoms with van der Waals surface area (Å²) < 4.78 is 95.8. The number of carbonyl (C=O) groups excluding carboxylic acids is 1. The van der Waals surface area contributed by atoms with E-state index >= 15 is 4.79 Å². The zero-order valence-corrected chi connectivity index (χ0v) is 67.1. The lowest BCUT2D eigenvalue weighted by Gasteiger charge is -2.71. The molecule has 0 radical (unpaired) electrons. The van der Waals surface area contributed by atoms with Gasteiger partial charge in [-0.05, 0) is 117 Å². The molecule has 680 valence electrons. The average Bonchev–Trinajstić information content (AvgIpc) is 0.672. The van der Waals surface area contributed by atoms with Crippen LogP contribution < -0.4 is 0 Å². The minimum atomic E-state index is -2.14. The van der Waals surface area contributed by atoms with E-state index in [2.05, 4.69) is 40.7 Å². The number of hydrogen-bond acceptors (Lipinski definition) is 41. The Balaban J connectivity index is 0.707. The lowest BCUT2D eigenvalue weighted by atomic mass is 9.33. The highest BCUT2D eigenvalue weighted by molar-refractivity contribution is 5.79. The van der Waals surface area contributed by atoms with Gasteiger partial charge in [0.05, 0.1) is 70.0 Å². The number of carbonyl (C=O) groups is 1. The molecule has 13 aliphatic rings. The average molecular weight is 1710 g/mol. The van der Waals surface area contributed by atoms with Crippen molar-refractivity contribution in [2.24, 2.45) is 50.2 Å². The molecular formula is C77H126O41. The summed E-state index contributed by atoms with van der Waals surface area (Å²) in [5.41, 5.74) is -3.00. The van der Waals surface area contributed by atoms with E-state index in [4.69, 9.17) is 75.8 Å². The summed E-state index contributed by atoms with van der Waals surface area (Å²) in [6.45, 7) is 10.6. The number of esters is 1. The van der Waals surface area contributed by atoms with E-state index in [1.165, 1.54) is 13.8 Å². The van der Waals surface area contributed by atoms with Crippen LogP contribution in [-0.2, 0) is 80.6 Å². The number of aliphatic hydroxyl groups excluding tert-OH is 24.